The zero-order valence-corrected chi connectivity index (χ0v) is 8.96. The maximum atomic E-state index is 5.91. The van der Waals surface area contributed by atoms with E-state index in [0.717, 1.165) is 10.8 Å². The molecular weight excluding hydrogens is 212 g/mol. The van der Waals surface area contributed by atoms with Crippen LogP contribution >= 0.6 is 0 Å². The van der Waals surface area contributed by atoms with E-state index in [4.69, 9.17) is 5.73 Å². The van der Waals surface area contributed by atoms with Crippen LogP contribution in [0.3, 0.4) is 0 Å². The molecule has 0 unspecified atom stereocenters. The molecule has 0 bridgehead atoms. The van der Waals surface area contributed by atoms with Gasteiger partial charge in [0.1, 0.15) is 11.5 Å². The number of hydrogen-bond acceptors (Lipinski definition) is 4. The van der Waals surface area contributed by atoms with Crippen LogP contribution in [0.5, 0.6) is 0 Å². The van der Waals surface area contributed by atoms with Crippen LogP contribution in [0, 0.1) is 6.07 Å². The molecule has 2 N–H and O–H groups in total. The van der Waals surface area contributed by atoms with E-state index in [1.165, 1.54) is 0 Å². The number of rotatable bonds is 1. The molecule has 17 heavy (non-hydrogen) atoms. The summed E-state index contributed by atoms with van der Waals surface area (Å²) in [7, 11) is 0. The largest absolute Gasteiger partial charge is 0.383 e. The summed E-state index contributed by atoms with van der Waals surface area (Å²) in [4.78, 5) is 12.6. The van der Waals surface area contributed by atoms with E-state index in [0.29, 0.717) is 17.3 Å². The van der Waals surface area contributed by atoms with Gasteiger partial charge in [-0.15, -0.1) is 0 Å². The van der Waals surface area contributed by atoms with Crippen molar-refractivity contribution in [1.82, 2.24) is 15.0 Å². The minimum atomic E-state index is 0.474. The molecule has 1 aromatic carbocycles. The summed E-state index contributed by atoms with van der Waals surface area (Å²) < 4.78 is 0. The Labute approximate surface area is 98.2 Å². The molecule has 2 heterocycles. The van der Waals surface area contributed by atoms with Crippen LogP contribution in [-0.2, 0) is 0 Å². The zero-order chi connectivity index (χ0) is 11.7. The van der Waals surface area contributed by atoms with Crippen LogP contribution in [0.4, 0.5) is 5.82 Å². The molecule has 0 aliphatic rings. The Morgan fingerprint density at radius 3 is 2.82 bits per heavy atom. The molecule has 0 saturated carbocycles. The Morgan fingerprint density at radius 2 is 2.00 bits per heavy atom. The Kier molecular flexibility index (Phi) is 2.19. The van der Waals surface area contributed by atoms with Gasteiger partial charge in [-0.3, -0.25) is 0 Å². The zero-order valence-electron chi connectivity index (χ0n) is 8.96. The summed E-state index contributed by atoms with van der Waals surface area (Å²) in [6.07, 6.45) is 3.37. The number of fused-ring (bicyclic) bond motifs is 1. The highest BCUT2D eigenvalue weighted by atomic mass is 14.9. The third kappa shape index (κ3) is 1.69. The fourth-order valence-corrected chi connectivity index (χ4v) is 1.71. The number of nitrogens with two attached hydrogens (primary N) is 1. The van der Waals surface area contributed by atoms with Gasteiger partial charge in [0.05, 0.1) is 0 Å². The Hall–Kier alpha value is -2.49. The second-order valence-corrected chi connectivity index (χ2v) is 3.61. The van der Waals surface area contributed by atoms with Gasteiger partial charge >= 0.3 is 0 Å². The summed E-state index contributed by atoms with van der Waals surface area (Å²) in [5.41, 5.74) is 6.59. The van der Waals surface area contributed by atoms with Crippen molar-refractivity contribution in [3.8, 4) is 11.5 Å². The quantitative estimate of drug-likeness (QED) is 0.683. The predicted molar refractivity (Wildman–Crippen MR) is 66.0 cm³/mol. The molecule has 81 valence electrons. The van der Waals surface area contributed by atoms with Gasteiger partial charge in [-0.25, -0.2) is 15.0 Å². The second-order valence-electron chi connectivity index (χ2n) is 3.61. The number of nitrogen functional groups attached to an aromatic ring is 1. The highest BCUT2D eigenvalue weighted by molar-refractivity contribution is 5.92. The van der Waals surface area contributed by atoms with E-state index in [1.54, 1.807) is 18.5 Å². The number of anilines is 1. The van der Waals surface area contributed by atoms with Crippen molar-refractivity contribution in [3.63, 3.8) is 0 Å². The number of aromatic nitrogens is 3. The topological polar surface area (TPSA) is 64.7 Å². The second kappa shape index (κ2) is 3.83. The van der Waals surface area contributed by atoms with Crippen molar-refractivity contribution >= 4 is 16.6 Å². The third-order valence-corrected chi connectivity index (χ3v) is 2.50. The van der Waals surface area contributed by atoms with E-state index >= 15 is 0 Å². The summed E-state index contributed by atoms with van der Waals surface area (Å²) >= 11 is 0. The van der Waals surface area contributed by atoms with Crippen molar-refractivity contribution in [2.75, 3.05) is 5.73 Å². The van der Waals surface area contributed by atoms with Crippen LogP contribution in [0.2, 0.25) is 0 Å². The van der Waals surface area contributed by atoms with Crippen molar-refractivity contribution in [3.05, 3.63) is 48.8 Å². The molecule has 4 nitrogen and oxygen atoms in total. The van der Waals surface area contributed by atoms with Gasteiger partial charge in [0, 0.05) is 17.8 Å². The summed E-state index contributed by atoms with van der Waals surface area (Å²) in [5, 5.41) is 1.91. The molecule has 3 aromatic rings. The molecular formula is C13H9N4. The lowest BCUT2D eigenvalue weighted by atomic mass is 10.1. The summed E-state index contributed by atoms with van der Waals surface area (Å²) in [6, 6.07) is 12.3. The van der Waals surface area contributed by atoms with Gasteiger partial charge in [0.25, 0.3) is 0 Å². The molecule has 4 heteroatoms. The summed E-state index contributed by atoms with van der Waals surface area (Å²) in [6.45, 7) is 0. The highest BCUT2D eigenvalue weighted by Gasteiger charge is 2.06. The van der Waals surface area contributed by atoms with E-state index < -0.39 is 0 Å². The van der Waals surface area contributed by atoms with Gasteiger partial charge in [-0.2, -0.15) is 0 Å². The molecule has 0 saturated heterocycles. The SMILES string of the molecule is Nc1nc(-c2ncccn2)cc2cc[c]cc12. The van der Waals surface area contributed by atoms with Gasteiger partial charge in [0.2, 0.25) is 0 Å². The Morgan fingerprint density at radius 1 is 1.18 bits per heavy atom. The van der Waals surface area contributed by atoms with Crippen molar-refractivity contribution < 1.29 is 0 Å². The van der Waals surface area contributed by atoms with Crippen molar-refractivity contribution in [2.24, 2.45) is 0 Å². The monoisotopic (exact) mass is 221 g/mol. The lowest BCUT2D eigenvalue weighted by Gasteiger charge is -2.04. The lowest BCUT2D eigenvalue weighted by Crippen LogP contribution is -1.96. The minimum absolute atomic E-state index is 0.474. The smallest absolute Gasteiger partial charge is 0.178 e. The van der Waals surface area contributed by atoms with E-state index in [2.05, 4.69) is 21.0 Å². The third-order valence-electron chi connectivity index (χ3n) is 2.50. The molecule has 0 aliphatic carbocycles. The number of benzene rings is 1. The first-order valence-electron chi connectivity index (χ1n) is 5.18. The maximum absolute atomic E-state index is 5.91. The number of hydrogen-bond donors (Lipinski definition) is 1. The molecule has 0 atom stereocenters. The fraction of sp³-hybridized carbons (Fsp3) is 0. The predicted octanol–water partition coefficient (Wildman–Crippen LogP) is 2.07. The van der Waals surface area contributed by atoms with E-state index in [-0.39, 0.29) is 0 Å². The lowest BCUT2D eigenvalue weighted by molar-refractivity contribution is 1.15. The van der Waals surface area contributed by atoms with Gasteiger partial charge < -0.3 is 5.73 Å². The first-order chi connectivity index (χ1) is 8.34. The van der Waals surface area contributed by atoms with Crippen LogP contribution < -0.4 is 5.73 Å². The van der Waals surface area contributed by atoms with Crippen LogP contribution in [-0.4, -0.2) is 15.0 Å². The van der Waals surface area contributed by atoms with Gasteiger partial charge in [-0.05, 0) is 29.7 Å². The Bertz CT molecular complexity index is 665. The Balaban J connectivity index is 2.26. The average molecular weight is 221 g/mol. The molecule has 2 aromatic heterocycles. The number of pyridine rings is 1. The minimum Gasteiger partial charge on any atom is -0.383 e. The highest BCUT2D eigenvalue weighted by Crippen LogP contribution is 2.23. The van der Waals surface area contributed by atoms with Crippen molar-refractivity contribution in [1.29, 1.82) is 0 Å². The molecule has 0 amide bonds. The first-order valence-corrected chi connectivity index (χ1v) is 5.18. The average Bonchev–Trinajstić information content (AvgIpc) is 2.40. The van der Waals surface area contributed by atoms with E-state index in [1.807, 2.05) is 24.3 Å². The molecule has 3 rings (SSSR count). The van der Waals surface area contributed by atoms with Crippen LogP contribution in [0.1, 0.15) is 0 Å². The van der Waals surface area contributed by atoms with Crippen molar-refractivity contribution in [2.45, 2.75) is 0 Å². The maximum Gasteiger partial charge on any atom is 0.178 e. The molecule has 0 spiro atoms. The van der Waals surface area contributed by atoms with Gasteiger partial charge in [-0.1, -0.05) is 12.1 Å². The number of nitrogens with zero attached hydrogens (tertiary/aromatic N) is 3. The normalized spacial score (nSPS) is 10.6. The van der Waals surface area contributed by atoms with Crippen LogP contribution in [0.15, 0.2) is 42.7 Å². The standard InChI is InChI=1S/C13H9N4/c14-12-10-5-2-1-4-9(10)8-11(17-12)13-15-6-3-7-16-13/h1,3-8H,(H2,14,17). The molecule has 1 radical (unpaired) electrons. The molecule has 0 aliphatic heterocycles. The van der Waals surface area contributed by atoms with E-state index in [9.17, 15) is 0 Å². The van der Waals surface area contributed by atoms with Crippen LogP contribution in [0.25, 0.3) is 22.3 Å². The van der Waals surface area contributed by atoms with Gasteiger partial charge in [0.15, 0.2) is 5.82 Å². The first kappa shape index (κ1) is 9.72. The molecule has 0 fully saturated rings. The fourth-order valence-electron chi connectivity index (χ4n) is 1.71. The summed E-state index contributed by atoms with van der Waals surface area (Å²) in [5.74, 6) is 1.05.